The van der Waals surface area contributed by atoms with E-state index in [1.165, 1.54) is 5.56 Å². The minimum atomic E-state index is 0.212. The van der Waals surface area contributed by atoms with Crippen LogP contribution in [0.5, 0.6) is 5.88 Å². The molecule has 0 aliphatic carbocycles. The van der Waals surface area contributed by atoms with E-state index < -0.39 is 0 Å². The van der Waals surface area contributed by atoms with Gasteiger partial charge in [-0.1, -0.05) is 35.3 Å². The highest BCUT2D eigenvalue weighted by Gasteiger charge is 2.15. The van der Waals surface area contributed by atoms with Gasteiger partial charge in [0.1, 0.15) is 0 Å². The summed E-state index contributed by atoms with van der Waals surface area (Å²) in [5.74, 6) is 0.212. The van der Waals surface area contributed by atoms with Gasteiger partial charge in [0.25, 0.3) is 0 Å². The Morgan fingerprint density at radius 3 is 2.41 bits per heavy atom. The van der Waals surface area contributed by atoms with E-state index in [0.717, 1.165) is 61.9 Å². The molecule has 0 unspecified atom stereocenters. The van der Waals surface area contributed by atoms with Crippen LogP contribution in [0.4, 0.5) is 0 Å². The van der Waals surface area contributed by atoms with E-state index in [0.29, 0.717) is 16.6 Å². The number of aryl methyl sites for hydroxylation is 1. The van der Waals surface area contributed by atoms with Gasteiger partial charge in [0, 0.05) is 42.8 Å². The van der Waals surface area contributed by atoms with E-state index in [1.807, 2.05) is 41.1 Å². The summed E-state index contributed by atoms with van der Waals surface area (Å²) in [6.07, 6.45) is 4.09. The molecule has 3 aromatic rings. The Morgan fingerprint density at radius 2 is 1.69 bits per heavy atom. The van der Waals surface area contributed by atoms with Gasteiger partial charge in [0.2, 0.25) is 5.88 Å². The summed E-state index contributed by atoms with van der Waals surface area (Å²) < 4.78 is 1.84. The number of benzene rings is 2. The molecule has 4 rings (SSSR count). The second-order valence-corrected chi connectivity index (χ2v) is 8.84. The van der Waals surface area contributed by atoms with Crippen molar-refractivity contribution < 1.29 is 5.11 Å². The molecule has 1 aliphatic heterocycles. The minimum Gasteiger partial charge on any atom is -0.494 e. The molecule has 6 heteroatoms. The Kier molecular flexibility index (Phi) is 6.35. The third kappa shape index (κ3) is 4.89. The van der Waals surface area contributed by atoms with Crippen molar-refractivity contribution in [3.05, 3.63) is 63.8 Å². The van der Waals surface area contributed by atoms with Gasteiger partial charge in [-0.05, 0) is 61.8 Å². The molecular weight excluding hydrogens is 405 g/mol. The topological polar surface area (TPSA) is 31.6 Å². The van der Waals surface area contributed by atoms with Gasteiger partial charge in [-0.3, -0.25) is 0 Å². The fourth-order valence-corrected chi connectivity index (χ4v) is 4.49. The molecule has 1 saturated heterocycles. The second-order valence-electron chi connectivity index (χ2n) is 8.00. The van der Waals surface area contributed by atoms with Crippen LogP contribution in [0.3, 0.4) is 0 Å². The third-order valence-electron chi connectivity index (χ3n) is 5.77. The van der Waals surface area contributed by atoms with Crippen LogP contribution in [0, 0.1) is 0 Å². The number of likely N-dealkylation sites (N-methyl/N-ethyl adjacent to an activating group) is 1. The zero-order chi connectivity index (χ0) is 20.4. The van der Waals surface area contributed by atoms with Gasteiger partial charge < -0.3 is 19.5 Å². The van der Waals surface area contributed by atoms with Crippen LogP contribution >= 0.6 is 23.2 Å². The number of halogens is 2. The van der Waals surface area contributed by atoms with E-state index in [2.05, 4.69) is 22.9 Å². The number of nitrogens with zero attached hydrogens (tertiary/aromatic N) is 3. The minimum absolute atomic E-state index is 0.212. The maximum Gasteiger partial charge on any atom is 0.200 e. The molecule has 0 atom stereocenters. The van der Waals surface area contributed by atoms with Gasteiger partial charge in [-0.15, -0.1) is 0 Å². The van der Waals surface area contributed by atoms with E-state index in [4.69, 9.17) is 23.2 Å². The zero-order valence-corrected chi connectivity index (χ0v) is 18.3. The lowest BCUT2D eigenvalue weighted by molar-refractivity contribution is 0.153. The number of rotatable bonds is 6. The number of hydrogen-bond acceptors (Lipinski definition) is 3. The first-order chi connectivity index (χ1) is 14.0. The van der Waals surface area contributed by atoms with Crippen molar-refractivity contribution in [3.8, 4) is 5.88 Å². The number of piperazine rings is 1. The molecule has 2 heterocycles. The molecular formula is C23H27Cl2N3O. The molecule has 0 radical (unpaired) electrons. The van der Waals surface area contributed by atoms with Crippen molar-refractivity contribution in [1.82, 2.24) is 14.4 Å². The van der Waals surface area contributed by atoms with Crippen molar-refractivity contribution in [3.63, 3.8) is 0 Å². The maximum absolute atomic E-state index is 10.7. The summed E-state index contributed by atoms with van der Waals surface area (Å²) in [7, 11) is 2.18. The Morgan fingerprint density at radius 1 is 0.966 bits per heavy atom. The molecule has 1 fully saturated rings. The standard InChI is InChI=1S/C23H27Cl2N3O/c1-26-9-11-27(12-10-26)8-2-3-18-13-19-16-28(23(29)22(19)21(25)14-18)15-17-4-6-20(24)7-5-17/h4-7,13-14,16,29H,2-3,8-12,15H2,1H3. The molecule has 154 valence electrons. The van der Waals surface area contributed by atoms with Crippen molar-refractivity contribution in [2.45, 2.75) is 19.4 Å². The van der Waals surface area contributed by atoms with Gasteiger partial charge in [-0.2, -0.15) is 0 Å². The van der Waals surface area contributed by atoms with Gasteiger partial charge >= 0.3 is 0 Å². The highest BCUT2D eigenvalue weighted by molar-refractivity contribution is 6.36. The number of aromatic hydroxyl groups is 1. The van der Waals surface area contributed by atoms with Crippen LogP contribution in [-0.2, 0) is 13.0 Å². The highest BCUT2D eigenvalue weighted by Crippen LogP contribution is 2.35. The first kappa shape index (κ1) is 20.5. The van der Waals surface area contributed by atoms with Gasteiger partial charge in [-0.25, -0.2) is 0 Å². The summed E-state index contributed by atoms with van der Waals surface area (Å²) >= 11 is 12.5. The molecule has 1 aliphatic rings. The summed E-state index contributed by atoms with van der Waals surface area (Å²) in [6.45, 7) is 6.30. The number of fused-ring (bicyclic) bond motifs is 1. The zero-order valence-electron chi connectivity index (χ0n) is 16.7. The largest absolute Gasteiger partial charge is 0.494 e. The van der Waals surface area contributed by atoms with E-state index in [9.17, 15) is 5.11 Å². The van der Waals surface area contributed by atoms with Crippen molar-refractivity contribution in [2.24, 2.45) is 0 Å². The lowest BCUT2D eigenvalue weighted by atomic mass is 10.1. The normalized spacial score (nSPS) is 16.0. The Hall–Kier alpha value is -1.72. The lowest BCUT2D eigenvalue weighted by Gasteiger charge is -2.32. The summed E-state index contributed by atoms with van der Waals surface area (Å²) in [4.78, 5) is 4.92. The molecule has 29 heavy (non-hydrogen) atoms. The molecule has 4 nitrogen and oxygen atoms in total. The first-order valence-corrected chi connectivity index (χ1v) is 10.9. The molecule has 0 saturated carbocycles. The Bertz CT molecular complexity index is 976. The fraction of sp³-hybridized carbons (Fsp3) is 0.391. The van der Waals surface area contributed by atoms with Crippen LogP contribution in [0.15, 0.2) is 42.6 Å². The average molecular weight is 432 g/mol. The van der Waals surface area contributed by atoms with E-state index in [1.54, 1.807) is 0 Å². The quantitative estimate of drug-likeness (QED) is 0.603. The molecule has 0 bridgehead atoms. The Balaban J connectivity index is 1.45. The SMILES string of the molecule is CN1CCN(CCCc2cc(Cl)c3c(O)n(Cc4ccc(Cl)cc4)cc3c2)CC1. The summed E-state index contributed by atoms with van der Waals surface area (Å²) in [6, 6.07) is 11.8. The molecule has 1 aromatic heterocycles. The molecule has 1 N–H and O–H groups in total. The maximum atomic E-state index is 10.7. The monoisotopic (exact) mass is 431 g/mol. The number of hydrogen-bond donors (Lipinski definition) is 1. The highest BCUT2D eigenvalue weighted by atomic mass is 35.5. The first-order valence-electron chi connectivity index (χ1n) is 10.1. The number of aromatic nitrogens is 1. The van der Waals surface area contributed by atoms with Crippen LogP contribution in [0.1, 0.15) is 17.5 Å². The predicted molar refractivity (Wildman–Crippen MR) is 121 cm³/mol. The fourth-order valence-electron chi connectivity index (χ4n) is 4.03. The van der Waals surface area contributed by atoms with Crippen molar-refractivity contribution in [2.75, 3.05) is 39.8 Å². The van der Waals surface area contributed by atoms with Crippen LogP contribution in [0.2, 0.25) is 10.0 Å². The van der Waals surface area contributed by atoms with Crippen LogP contribution in [-0.4, -0.2) is 59.2 Å². The molecule has 2 aromatic carbocycles. The smallest absolute Gasteiger partial charge is 0.200 e. The van der Waals surface area contributed by atoms with E-state index >= 15 is 0 Å². The van der Waals surface area contributed by atoms with Crippen LogP contribution in [0.25, 0.3) is 10.8 Å². The molecule has 0 amide bonds. The Labute approximate surface area is 182 Å². The summed E-state index contributed by atoms with van der Waals surface area (Å²) in [5.41, 5.74) is 2.30. The van der Waals surface area contributed by atoms with Gasteiger partial charge in [0.05, 0.1) is 17.0 Å². The van der Waals surface area contributed by atoms with Crippen molar-refractivity contribution in [1.29, 1.82) is 0 Å². The van der Waals surface area contributed by atoms with E-state index in [-0.39, 0.29) is 5.88 Å². The predicted octanol–water partition coefficient (Wildman–Crippen LogP) is 4.88. The lowest BCUT2D eigenvalue weighted by Crippen LogP contribution is -2.44. The second kappa shape index (κ2) is 8.97. The third-order valence-corrected chi connectivity index (χ3v) is 6.32. The van der Waals surface area contributed by atoms with Crippen molar-refractivity contribution >= 4 is 34.0 Å². The summed E-state index contributed by atoms with van der Waals surface area (Å²) in [5, 5.41) is 13.7. The van der Waals surface area contributed by atoms with Gasteiger partial charge in [0.15, 0.2) is 0 Å². The average Bonchev–Trinajstić information content (AvgIpc) is 3.01. The molecule has 0 spiro atoms. The van der Waals surface area contributed by atoms with Crippen LogP contribution < -0.4 is 0 Å².